The predicted octanol–water partition coefficient (Wildman–Crippen LogP) is 3.07. The normalized spacial score (nSPS) is 11.7. The molecule has 106 valence electrons. The Morgan fingerprint density at radius 1 is 1.37 bits per heavy atom. The van der Waals surface area contributed by atoms with Gasteiger partial charge in [0.15, 0.2) is 0 Å². The summed E-state index contributed by atoms with van der Waals surface area (Å²) < 4.78 is 63.0. The molecule has 1 rings (SSSR count). The number of amides is 1. The molecule has 0 N–H and O–H groups in total. The van der Waals surface area contributed by atoms with Crippen LogP contribution in [0.2, 0.25) is 0 Å². The van der Waals surface area contributed by atoms with Gasteiger partial charge in [0.25, 0.3) is 5.91 Å². The first kappa shape index (κ1) is 15.4. The van der Waals surface area contributed by atoms with Crippen molar-refractivity contribution in [2.45, 2.75) is 25.8 Å². The van der Waals surface area contributed by atoms with Crippen molar-refractivity contribution in [2.75, 3.05) is 6.54 Å². The minimum atomic E-state index is -4.73. The summed E-state index contributed by atoms with van der Waals surface area (Å²) in [5, 5.41) is 0. The lowest BCUT2D eigenvalue weighted by Gasteiger charge is -2.25. The van der Waals surface area contributed by atoms with Gasteiger partial charge in [0.1, 0.15) is 5.82 Å². The number of rotatable bonds is 5. The van der Waals surface area contributed by atoms with E-state index in [1.807, 2.05) is 0 Å². The van der Waals surface area contributed by atoms with Gasteiger partial charge in [-0.25, -0.2) is 13.2 Å². The van der Waals surface area contributed by atoms with Crippen molar-refractivity contribution >= 4 is 5.91 Å². The van der Waals surface area contributed by atoms with Gasteiger partial charge in [0, 0.05) is 13.1 Å². The maximum absolute atomic E-state index is 12.9. The van der Waals surface area contributed by atoms with Gasteiger partial charge in [-0.15, -0.1) is 0 Å². The predicted molar refractivity (Wildman–Crippen MR) is 58.4 cm³/mol. The number of carbonyl (C=O) groups is 1. The van der Waals surface area contributed by atoms with Crippen LogP contribution in [0.3, 0.4) is 0 Å². The van der Waals surface area contributed by atoms with Gasteiger partial charge >= 0.3 is 12.3 Å². The van der Waals surface area contributed by atoms with Crippen LogP contribution in [-0.4, -0.2) is 29.7 Å². The average Bonchev–Trinajstić information content (AvgIpc) is 2.35. The molecule has 0 aliphatic rings. The molecule has 0 unspecified atom stereocenters. The third-order valence-electron chi connectivity index (χ3n) is 2.49. The molecule has 0 aromatic heterocycles. The van der Waals surface area contributed by atoms with Crippen LogP contribution in [0.5, 0.6) is 0 Å². The molecule has 7 heteroatoms. The maximum Gasteiger partial charge on any atom is 0.383 e. The van der Waals surface area contributed by atoms with Crippen LogP contribution in [0.1, 0.15) is 12.5 Å². The van der Waals surface area contributed by atoms with Crippen molar-refractivity contribution in [3.63, 3.8) is 0 Å². The second-order valence-corrected chi connectivity index (χ2v) is 3.87. The Balaban J connectivity index is 2.87. The van der Waals surface area contributed by atoms with E-state index in [-0.39, 0.29) is 18.7 Å². The Bertz CT molecular complexity index is 450. The molecular weight excluding hydrogens is 269 g/mol. The Hall–Kier alpha value is -1.66. The molecule has 1 aromatic carbocycles. The van der Waals surface area contributed by atoms with Gasteiger partial charge < -0.3 is 4.90 Å². The highest BCUT2D eigenvalue weighted by Gasteiger charge is 2.50. The Morgan fingerprint density at radius 3 is 2.47 bits per heavy atom. The first-order chi connectivity index (χ1) is 8.78. The molecule has 0 spiro atoms. The standard InChI is InChI=1S/C12H12F5NO/c1-2-18(11(19)12(16,17)10(14)15)7-8-4-3-5-9(13)6-8/h3-6,10H,2,7H2,1H3. The molecule has 0 heterocycles. The Morgan fingerprint density at radius 2 is 2.00 bits per heavy atom. The lowest BCUT2D eigenvalue weighted by atomic mass is 10.2. The van der Waals surface area contributed by atoms with Crippen molar-refractivity contribution in [1.29, 1.82) is 0 Å². The van der Waals surface area contributed by atoms with E-state index in [4.69, 9.17) is 0 Å². The summed E-state index contributed by atoms with van der Waals surface area (Å²) in [6.45, 7) is 0.839. The smallest absolute Gasteiger partial charge is 0.333 e. The molecule has 0 fully saturated rings. The van der Waals surface area contributed by atoms with Crippen LogP contribution >= 0.6 is 0 Å². The quantitative estimate of drug-likeness (QED) is 0.760. The molecular formula is C12H12F5NO. The van der Waals surface area contributed by atoms with Crippen LogP contribution in [0, 0.1) is 5.82 Å². The van der Waals surface area contributed by atoms with E-state index in [2.05, 4.69) is 0 Å². The Kier molecular flexibility index (Phi) is 4.85. The summed E-state index contributed by atoms with van der Waals surface area (Å²) in [5.74, 6) is -7.29. The minimum Gasteiger partial charge on any atom is -0.333 e. The first-order valence-electron chi connectivity index (χ1n) is 5.48. The highest BCUT2D eigenvalue weighted by Crippen LogP contribution is 2.26. The lowest BCUT2D eigenvalue weighted by Crippen LogP contribution is -2.47. The molecule has 0 radical (unpaired) electrons. The van der Waals surface area contributed by atoms with Gasteiger partial charge in [-0.2, -0.15) is 8.78 Å². The van der Waals surface area contributed by atoms with Crippen molar-refractivity contribution in [2.24, 2.45) is 0 Å². The fourth-order valence-electron chi connectivity index (χ4n) is 1.49. The van der Waals surface area contributed by atoms with Crippen LogP contribution in [-0.2, 0) is 11.3 Å². The lowest BCUT2D eigenvalue weighted by molar-refractivity contribution is -0.181. The number of benzene rings is 1. The molecule has 0 aliphatic carbocycles. The summed E-state index contributed by atoms with van der Waals surface area (Å²) >= 11 is 0. The summed E-state index contributed by atoms with van der Waals surface area (Å²) in [7, 11) is 0. The van der Waals surface area contributed by atoms with Crippen molar-refractivity contribution in [3.8, 4) is 0 Å². The van der Waals surface area contributed by atoms with Crippen molar-refractivity contribution in [3.05, 3.63) is 35.6 Å². The van der Waals surface area contributed by atoms with Crippen LogP contribution in [0.4, 0.5) is 22.0 Å². The molecule has 0 saturated heterocycles. The van der Waals surface area contributed by atoms with Crippen LogP contribution < -0.4 is 0 Å². The molecule has 1 aromatic rings. The number of nitrogens with zero attached hydrogens (tertiary/aromatic N) is 1. The topological polar surface area (TPSA) is 20.3 Å². The zero-order valence-corrected chi connectivity index (χ0v) is 10.0. The number of hydrogen-bond acceptors (Lipinski definition) is 1. The van der Waals surface area contributed by atoms with Gasteiger partial charge in [0.05, 0.1) is 0 Å². The molecule has 19 heavy (non-hydrogen) atoms. The summed E-state index contributed by atoms with van der Waals surface area (Å²) in [6.07, 6.45) is -4.07. The highest BCUT2D eigenvalue weighted by molar-refractivity contribution is 5.84. The van der Waals surface area contributed by atoms with Crippen LogP contribution in [0.25, 0.3) is 0 Å². The zero-order chi connectivity index (χ0) is 14.6. The van der Waals surface area contributed by atoms with Crippen LogP contribution in [0.15, 0.2) is 24.3 Å². The number of carbonyl (C=O) groups excluding carboxylic acids is 1. The highest BCUT2D eigenvalue weighted by atomic mass is 19.3. The largest absolute Gasteiger partial charge is 0.383 e. The van der Waals surface area contributed by atoms with E-state index in [0.29, 0.717) is 4.90 Å². The van der Waals surface area contributed by atoms with E-state index in [0.717, 1.165) is 12.1 Å². The van der Waals surface area contributed by atoms with Gasteiger partial charge in [-0.1, -0.05) is 12.1 Å². The number of hydrogen-bond donors (Lipinski definition) is 0. The second-order valence-electron chi connectivity index (χ2n) is 3.87. The van der Waals surface area contributed by atoms with Gasteiger partial charge in [-0.05, 0) is 24.6 Å². The second kappa shape index (κ2) is 5.99. The van der Waals surface area contributed by atoms with Crippen molar-refractivity contribution in [1.82, 2.24) is 4.90 Å². The molecule has 1 amide bonds. The number of halogens is 5. The fourth-order valence-corrected chi connectivity index (χ4v) is 1.49. The molecule has 0 aliphatic heterocycles. The van der Waals surface area contributed by atoms with Gasteiger partial charge in [0.2, 0.25) is 0 Å². The van der Waals surface area contributed by atoms with E-state index >= 15 is 0 Å². The fraction of sp³-hybridized carbons (Fsp3) is 0.417. The number of alkyl halides is 4. The minimum absolute atomic E-state index is 0.183. The third kappa shape index (κ3) is 3.65. The summed E-state index contributed by atoms with van der Waals surface area (Å²) in [5.41, 5.74) is 0.250. The first-order valence-corrected chi connectivity index (χ1v) is 5.48. The maximum atomic E-state index is 12.9. The monoisotopic (exact) mass is 281 g/mol. The molecule has 0 atom stereocenters. The third-order valence-corrected chi connectivity index (χ3v) is 2.49. The molecule has 0 bridgehead atoms. The van der Waals surface area contributed by atoms with E-state index in [9.17, 15) is 26.7 Å². The molecule has 2 nitrogen and oxygen atoms in total. The summed E-state index contributed by atoms with van der Waals surface area (Å²) in [6, 6.07) is 4.96. The average molecular weight is 281 g/mol. The van der Waals surface area contributed by atoms with Crippen molar-refractivity contribution < 1.29 is 26.7 Å². The summed E-state index contributed by atoms with van der Waals surface area (Å²) in [4.78, 5) is 11.9. The van der Waals surface area contributed by atoms with Gasteiger partial charge in [-0.3, -0.25) is 4.79 Å². The Labute approximate surface area is 106 Å². The van der Waals surface area contributed by atoms with E-state index in [1.54, 1.807) is 0 Å². The van der Waals surface area contributed by atoms with E-state index < -0.39 is 24.1 Å². The zero-order valence-electron chi connectivity index (χ0n) is 10.0. The molecule has 0 saturated carbocycles. The SMILES string of the molecule is CCN(Cc1cccc(F)c1)C(=O)C(F)(F)C(F)F. The van der Waals surface area contributed by atoms with E-state index in [1.165, 1.54) is 19.1 Å².